The lowest BCUT2D eigenvalue weighted by molar-refractivity contribution is 0.312. The van der Waals surface area contributed by atoms with Gasteiger partial charge in [0.05, 0.1) is 0 Å². The molecular formula is C25H24FN5O. The van der Waals surface area contributed by atoms with E-state index in [2.05, 4.69) is 33.8 Å². The van der Waals surface area contributed by atoms with Crippen molar-refractivity contribution in [3.05, 3.63) is 75.1 Å². The lowest BCUT2D eigenvalue weighted by Crippen LogP contribution is -2.27. The summed E-state index contributed by atoms with van der Waals surface area (Å²) in [6.45, 7) is 5.80. The van der Waals surface area contributed by atoms with Crippen molar-refractivity contribution in [2.24, 2.45) is 0 Å². The molecule has 0 aliphatic carbocycles. The Kier molecular flexibility index (Phi) is 4.78. The van der Waals surface area contributed by atoms with Crippen LogP contribution in [0.2, 0.25) is 0 Å². The maximum Gasteiger partial charge on any atom is 0.255 e. The number of hydrogen-bond donors (Lipinski definition) is 2. The Bertz CT molecular complexity index is 1440. The van der Waals surface area contributed by atoms with Gasteiger partial charge in [0.25, 0.3) is 5.56 Å². The van der Waals surface area contributed by atoms with Crippen molar-refractivity contribution < 1.29 is 4.39 Å². The number of nitrogens with zero attached hydrogens (tertiary/aromatic N) is 3. The molecule has 2 aromatic heterocycles. The number of rotatable bonds is 2. The van der Waals surface area contributed by atoms with Crippen LogP contribution in [0.1, 0.15) is 22.3 Å². The molecule has 4 aromatic rings. The van der Waals surface area contributed by atoms with Gasteiger partial charge in [0.2, 0.25) is 5.95 Å². The average molecular weight is 429 g/mol. The number of pyridine rings is 1. The average Bonchev–Trinajstić information content (AvgIpc) is 2.76. The molecule has 0 bridgehead atoms. The normalized spacial score (nSPS) is 14.0. The molecule has 0 saturated heterocycles. The minimum atomic E-state index is -0.692. The number of aryl methyl sites for hydroxylation is 2. The number of nitrogen functional groups attached to an aromatic ring is 1. The second-order valence-corrected chi connectivity index (χ2v) is 8.58. The Balaban J connectivity index is 1.67. The highest BCUT2D eigenvalue weighted by Gasteiger charge is 2.20. The van der Waals surface area contributed by atoms with Gasteiger partial charge in [0, 0.05) is 35.8 Å². The number of likely N-dealkylation sites (N-methyl/N-ethyl adjacent to an activating group) is 1. The van der Waals surface area contributed by atoms with Crippen molar-refractivity contribution in [2.75, 3.05) is 19.3 Å². The SMILES string of the molecule is Cc1cc(-c2nc(-c3ccc4c(=O)[nH]cc(C)c4c3)c(N)nc2F)cc2c1CCN(C)C2. The summed E-state index contributed by atoms with van der Waals surface area (Å²) < 4.78 is 14.9. The predicted molar refractivity (Wildman–Crippen MR) is 125 cm³/mol. The van der Waals surface area contributed by atoms with E-state index in [-0.39, 0.29) is 17.1 Å². The monoisotopic (exact) mass is 429 g/mol. The lowest BCUT2D eigenvalue weighted by Gasteiger charge is -2.27. The Labute approximate surface area is 184 Å². The highest BCUT2D eigenvalue weighted by molar-refractivity contribution is 5.90. The molecule has 162 valence electrons. The fourth-order valence-electron chi connectivity index (χ4n) is 4.57. The smallest absolute Gasteiger partial charge is 0.255 e. The van der Waals surface area contributed by atoms with Crippen LogP contribution in [-0.4, -0.2) is 33.4 Å². The Morgan fingerprint density at radius 1 is 1.03 bits per heavy atom. The maximum absolute atomic E-state index is 14.9. The summed E-state index contributed by atoms with van der Waals surface area (Å²) in [5.41, 5.74) is 12.4. The van der Waals surface area contributed by atoms with Crippen molar-refractivity contribution >= 4 is 16.6 Å². The number of anilines is 1. The second-order valence-electron chi connectivity index (χ2n) is 8.58. The Hall–Kier alpha value is -3.58. The van der Waals surface area contributed by atoms with Gasteiger partial charge in [-0.2, -0.15) is 9.37 Å². The van der Waals surface area contributed by atoms with Crippen LogP contribution in [0.4, 0.5) is 10.2 Å². The molecule has 0 spiro atoms. The summed E-state index contributed by atoms with van der Waals surface area (Å²) in [7, 11) is 2.08. The van der Waals surface area contributed by atoms with Crippen molar-refractivity contribution in [1.82, 2.24) is 19.9 Å². The van der Waals surface area contributed by atoms with Crippen molar-refractivity contribution in [3.8, 4) is 22.5 Å². The van der Waals surface area contributed by atoms with E-state index in [9.17, 15) is 9.18 Å². The number of hydrogen-bond acceptors (Lipinski definition) is 5. The maximum atomic E-state index is 14.9. The number of benzene rings is 2. The summed E-state index contributed by atoms with van der Waals surface area (Å²) in [5, 5.41) is 1.38. The van der Waals surface area contributed by atoms with Gasteiger partial charge in [-0.25, -0.2) is 4.98 Å². The topological polar surface area (TPSA) is 87.9 Å². The third-order valence-electron chi connectivity index (χ3n) is 6.29. The third-order valence-corrected chi connectivity index (χ3v) is 6.29. The van der Waals surface area contributed by atoms with Gasteiger partial charge in [0.15, 0.2) is 5.82 Å². The van der Waals surface area contributed by atoms with Gasteiger partial charge in [-0.3, -0.25) is 4.79 Å². The van der Waals surface area contributed by atoms with E-state index in [4.69, 9.17) is 5.73 Å². The highest BCUT2D eigenvalue weighted by atomic mass is 19.1. The standard InChI is InChI=1S/C25H24FN5O/c1-13-8-16(9-17-12-31(3)7-6-18(13)17)21-23(26)30-24(27)22(29-21)15-4-5-19-20(10-15)14(2)11-28-25(19)32/h4-5,8-11H,6-7,12H2,1-3H3,(H2,27,30)(H,28,32). The molecule has 1 aliphatic heterocycles. The van der Waals surface area contributed by atoms with E-state index in [1.54, 1.807) is 18.3 Å². The van der Waals surface area contributed by atoms with Gasteiger partial charge in [0.1, 0.15) is 11.4 Å². The van der Waals surface area contributed by atoms with Crippen LogP contribution in [0.25, 0.3) is 33.3 Å². The largest absolute Gasteiger partial charge is 0.382 e. The van der Waals surface area contributed by atoms with E-state index >= 15 is 0 Å². The number of aromatic nitrogens is 3. The fraction of sp³-hybridized carbons (Fsp3) is 0.240. The summed E-state index contributed by atoms with van der Waals surface area (Å²) in [5.74, 6) is -0.675. The molecule has 0 radical (unpaired) electrons. The first kappa shape index (κ1) is 20.3. The zero-order valence-corrected chi connectivity index (χ0v) is 18.3. The van der Waals surface area contributed by atoms with Crippen LogP contribution < -0.4 is 11.3 Å². The molecule has 3 N–H and O–H groups in total. The molecule has 1 aliphatic rings. The van der Waals surface area contributed by atoms with E-state index < -0.39 is 5.95 Å². The number of fused-ring (bicyclic) bond motifs is 2. The van der Waals surface area contributed by atoms with Crippen molar-refractivity contribution in [2.45, 2.75) is 26.8 Å². The first-order valence-corrected chi connectivity index (χ1v) is 10.6. The molecule has 0 fully saturated rings. The minimum absolute atomic E-state index is 0.0162. The number of nitrogens with two attached hydrogens (primary N) is 1. The zero-order valence-electron chi connectivity index (χ0n) is 18.3. The lowest BCUT2D eigenvalue weighted by atomic mass is 9.92. The molecule has 3 heterocycles. The van der Waals surface area contributed by atoms with Gasteiger partial charge >= 0.3 is 0 Å². The molecule has 5 rings (SSSR count). The Morgan fingerprint density at radius 2 is 1.84 bits per heavy atom. The van der Waals surface area contributed by atoms with Gasteiger partial charge in [-0.15, -0.1) is 0 Å². The number of aromatic amines is 1. The quantitative estimate of drug-likeness (QED) is 0.503. The molecule has 32 heavy (non-hydrogen) atoms. The van der Waals surface area contributed by atoms with Crippen LogP contribution in [0.5, 0.6) is 0 Å². The molecule has 0 amide bonds. The minimum Gasteiger partial charge on any atom is -0.382 e. The van der Waals surface area contributed by atoms with Crippen LogP contribution in [-0.2, 0) is 13.0 Å². The first-order chi connectivity index (χ1) is 15.3. The van der Waals surface area contributed by atoms with E-state index in [1.165, 1.54) is 11.1 Å². The van der Waals surface area contributed by atoms with E-state index in [0.29, 0.717) is 22.2 Å². The Morgan fingerprint density at radius 3 is 2.66 bits per heavy atom. The molecular weight excluding hydrogens is 405 g/mol. The summed E-state index contributed by atoms with van der Waals surface area (Å²) in [4.78, 5) is 25.7. The fourth-order valence-corrected chi connectivity index (χ4v) is 4.57. The number of halogens is 1. The number of nitrogens with one attached hydrogen (secondary N) is 1. The molecule has 7 heteroatoms. The van der Waals surface area contributed by atoms with Crippen molar-refractivity contribution in [1.29, 1.82) is 0 Å². The zero-order chi connectivity index (χ0) is 22.6. The van der Waals surface area contributed by atoms with Crippen LogP contribution >= 0.6 is 0 Å². The molecule has 2 aromatic carbocycles. The van der Waals surface area contributed by atoms with Gasteiger partial charge in [-0.1, -0.05) is 6.07 Å². The highest BCUT2D eigenvalue weighted by Crippen LogP contribution is 2.33. The molecule has 0 atom stereocenters. The summed E-state index contributed by atoms with van der Waals surface area (Å²) in [6.07, 6.45) is 2.65. The number of H-pyrrole nitrogens is 1. The van der Waals surface area contributed by atoms with Crippen LogP contribution in [0.15, 0.2) is 41.3 Å². The van der Waals surface area contributed by atoms with Crippen LogP contribution in [0, 0.1) is 19.8 Å². The second kappa shape index (κ2) is 7.53. The van der Waals surface area contributed by atoms with Gasteiger partial charge in [-0.05, 0) is 79.2 Å². The van der Waals surface area contributed by atoms with E-state index in [0.717, 1.165) is 36.0 Å². The first-order valence-electron chi connectivity index (χ1n) is 10.6. The third kappa shape index (κ3) is 3.35. The summed E-state index contributed by atoms with van der Waals surface area (Å²) in [6, 6.07) is 9.34. The van der Waals surface area contributed by atoms with E-state index in [1.807, 2.05) is 25.1 Å². The van der Waals surface area contributed by atoms with Crippen LogP contribution in [0.3, 0.4) is 0 Å². The van der Waals surface area contributed by atoms with Crippen molar-refractivity contribution in [3.63, 3.8) is 0 Å². The molecule has 6 nitrogen and oxygen atoms in total. The predicted octanol–water partition coefficient (Wildman–Crippen LogP) is 3.98. The summed E-state index contributed by atoms with van der Waals surface area (Å²) >= 11 is 0. The van der Waals surface area contributed by atoms with Gasteiger partial charge < -0.3 is 15.6 Å². The molecule has 0 saturated carbocycles. The molecule has 0 unspecified atom stereocenters.